The summed E-state index contributed by atoms with van der Waals surface area (Å²) in [4.78, 5) is 17.3. The third-order valence-electron chi connectivity index (χ3n) is 4.64. The Labute approximate surface area is 206 Å². The molecule has 1 atom stereocenters. The molecule has 0 aliphatic carbocycles. The van der Waals surface area contributed by atoms with Crippen molar-refractivity contribution in [1.82, 2.24) is 25.2 Å². The zero-order valence-corrected chi connectivity index (χ0v) is 21.2. The number of carbonyl (C=O) groups is 1. The van der Waals surface area contributed by atoms with Gasteiger partial charge >= 0.3 is 6.09 Å². The van der Waals surface area contributed by atoms with Gasteiger partial charge in [-0.15, -0.1) is 21.5 Å². The molecule has 0 radical (unpaired) electrons. The van der Waals surface area contributed by atoms with Crippen LogP contribution in [0.15, 0.2) is 52.9 Å². The Morgan fingerprint density at radius 2 is 1.86 bits per heavy atom. The van der Waals surface area contributed by atoms with Crippen LogP contribution in [0.5, 0.6) is 0 Å². The van der Waals surface area contributed by atoms with Crippen molar-refractivity contribution in [3.05, 3.63) is 65.3 Å². The fourth-order valence-electron chi connectivity index (χ4n) is 3.18. The second kappa shape index (κ2) is 9.72. The van der Waals surface area contributed by atoms with Gasteiger partial charge < -0.3 is 14.5 Å². The van der Waals surface area contributed by atoms with Crippen LogP contribution >= 0.6 is 11.3 Å². The molecule has 0 saturated carbocycles. The number of alkyl carbamates (subject to hydrolysis) is 1. The van der Waals surface area contributed by atoms with Crippen LogP contribution in [0.1, 0.15) is 43.6 Å². The van der Waals surface area contributed by atoms with Crippen molar-refractivity contribution in [1.29, 1.82) is 0 Å². The number of rotatable bonds is 7. The maximum atomic E-state index is 12.6. The minimum Gasteiger partial charge on any atom is -0.444 e. The molecule has 0 saturated heterocycles. The minimum atomic E-state index is -3.45. The molecule has 4 rings (SSSR count). The predicted molar refractivity (Wildman–Crippen MR) is 132 cm³/mol. The molecule has 35 heavy (non-hydrogen) atoms. The number of fused-ring (bicyclic) bond motifs is 1. The van der Waals surface area contributed by atoms with Crippen molar-refractivity contribution in [3.63, 3.8) is 0 Å². The number of aromatic nitrogens is 3. The molecule has 2 aromatic heterocycles. The van der Waals surface area contributed by atoms with Gasteiger partial charge in [-0.2, -0.15) is 0 Å². The molecule has 0 fully saturated rings. The van der Waals surface area contributed by atoms with Gasteiger partial charge in [0.15, 0.2) is 6.04 Å². The van der Waals surface area contributed by atoms with E-state index in [4.69, 9.17) is 9.15 Å². The van der Waals surface area contributed by atoms with Crippen LogP contribution in [0.4, 0.5) is 4.79 Å². The topological polar surface area (TPSA) is 136 Å². The van der Waals surface area contributed by atoms with E-state index in [-0.39, 0.29) is 18.3 Å². The predicted octanol–water partition coefficient (Wildman–Crippen LogP) is 4.01. The van der Waals surface area contributed by atoms with Crippen LogP contribution in [-0.2, 0) is 21.3 Å². The maximum Gasteiger partial charge on any atom is 0.408 e. The average Bonchev–Trinajstić information content (AvgIpc) is 3.41. The molecular weight excluding hydrogens is 490 g/mol. The summed E-state index contributed by atoms with van der Waals surface area (Å²) in [6.45, 7) is 5.09. The van der Waals surface area contributed by atoms with E-state index in [1.807, 2.05) is 48.5 Å². The lowest BCUT2D eigenvalue weighted by Gasteiger charge is -2.21. The van der Waals surface area contributed by atoms with Gasteiger partial charge in [-0.25, -0.2) is 22.9 Å². The van der Waals surface area contributed by atoms with Crippen LogP contribution in [-0.4, -0.2) is 41.5 Å². The van der Waals surface area contributed by atoms with Gasteiger partial charge in [-0.3, -0.25) is 0 Å². The summed E-state index contributed by atoms with van der Waals surface area (Å²) >= 11 is 1.38. The zero-order valence-electron chi connectivity index (χ0n) is 19.6. The number of carbonyl (C=O) groups excluding carboxylic acids is 1. The Morgan fingerprint density at radius 1 is 1.11 bits per heavy atom. The highest BCUT2D eigenvalue weighted by Gasteiger charge is 2.29. The van der Waals surface area contributed by atoms with Crippen LogP contribution in [0.3, 0.4) is 0 Å². The van der Waals surface area contributed by atoms with Gasteiger partial charge in [-0.1, -0.05) is 36.4 Å². The molecule has 1 unspecified atom stereocenters. The van der Waals surface area contributed by atoms with E-state index in [2.05, 4.69) is 25.2 Å². The lowest BCUT2D eigenvalue weighted by atomic mass is 10.1. The molecular formula is C23H25N5O5S2. The molecule has 4 aromatic rings. The summed E-state index contributed by atoms with van der Waals surface area (Å²) in [6, 6.07) is 15.0. The first-order valence-electron chi connectivity index (χ1n) is 10.7. The third-order valence-corrected chi connectivity index (χ3v) is 6.39. The summed E-state index contributed by atoms with van der Waals surface area (Å²) in [5.74, 6) is 0.109. The molecule has 1 amide bonds. The van der Waals surface area contributed by atoms with Crippen LogP contribution in [0, 0.1) is 0 Å². The number of ether oxygens (including phenoxy) is 1. The van der Waals surface area contributed by atoms with E-state index < -0.39 is 27.8 Å². The summed E-state index contributed by atoms with van der Waals surface area (Å²) in [5.41, 5.74) is 2.15. The van der Waals surface area contributed by atoms with Crippen LogP contribution in [0.25, 0.3) is 21.3 Å². The first-order chi connectivity index (χ1) is 16.5. The van der Waals surface area contributed by atoms with E-state index in [1.165, 1.54) is 11.3 Å². The molecule has 184 valence electrons. The maximum absolute atomic E-state index is 12.6. The SMILES string of the molecule is CC(C)(C)OC(=O)NC(c1nnc(CNS(C)(=O)=O)o1)c1nc2ccc(-c3ccccc3)cc2s1. The van der Waals surface area contributed by atoms with Gasteiger partial charge in [0.2, 0.25) is 21.8 Å². The van der Waals surface area contributed by atoms with Gasteiger partial charge in [0.05, 0.1) is 23.0 Å². The number of amides is 1. The van der Waals surface area contributed by atoms with Gasteiger partial charge in [-0.05, 0) is 44.0 Å². The van der Waals surface area contributed by atoms with Gasteiger partial charge in [0, 0.05) is 0 Å². The Balaban J connectivity index is 1.67. The summed E-state index contributed by atoms with van der Waals surface area (Å²) in [5, 5.41) is 11.2. The Hall–Kier alpha value is -3.35. The second-order valence-corrected chi connectivity index (χ2v) is 11.7. The fourth-order valence-corrected chi connectivity index (χ4v) is 4.61. The van der Waals surface area contributed by atoms with E-state index in [1.54, 1.807) is 20.8 Å². The van der Waals surface area contributed by atoms with Crippen molar-refractivity contribution in [2.75, 3.05) is 6.26 Å². The number of nitrogens with zero attached hydrogens (tertiary/aromatic N) is 3. The first-order valence-corrected chi connectivity index (χ1v) is 13.4. The third kappa shape index (κ3) is 6.62. The fraction of sp³-hybridized carbons (Fsp3) is 0.304. The summed E-state index contributed by atoms with van der Waals surface area (Å²) < 4.78 is 37.1. The van der Waals surface area contributed by atoms with E-state index in [0.717, 1.165) is 27.6 Å². The normalized spacial score (nSPS) is 13.0. The number of sulfonamides is 1. The van der Waals surface area contributed by atoms with Crippen molar-refractivity contribution in [2.24, 2.45) is 0 Å². The van der Waals surface area contributed by atoms with Crippen LogP contribution < -0.4 is 10.0 Å². The van der Waals surface area contributed by atoms with Gasteiger partial charge in [0.25, 0.3) is 0 Å². The highest BCUT2D eigenvalue weighted by molar-refractivity contribution is 7.88. The molecule has 2 N–H and O–H groups in total. The second-order valence-electron chi connectivity index (χ2n) is 8.81. The lowest BCUT2D eigenvalue weighted by molar-refractivity contribution is 0.0505. The molecule has 0 bridgehead atoms. The molecule has 0 spiro atoms. The highest BCUT2D eigenvalue weighted by Crippen LogP contribution is 2.33. The lowest BCUT2D eigenvalue weighted by Crippen LogP contribution is -2.35. The number of hydrogen-bond donors (Lipinski definition) is 2. The van der Waals surface area contributed by atoms with Crippen molar-refractivity contribution < 1.29 is 22.4 Å². The quantitative estimate of drug-likeness (QED) is 0.377. The Kier molecular flexibility index (Phi) is 6.88. The molecule has 12 heteroatoms. The number of nitrogens with one attached hydrogen (secondary N) is 2. The zero-order chi connectivity index (χ0) is 25.2. The Bertz CT molecular complexity index is 1440. The van der Waals surface area contributed by atoms with Crippen molar-refractivity contribution in [2.45, 2.75) is 39.0 Å². The molecule has 0 aliphatic heterocycles. The number of hydrogen-bond acceptors (Lipinski definition) is 9. The first kappa shape index (κ1) is 24.8. The average molecular weight is 516 g/mol. The number of benzene rings is 2. The van der Waals surface area contributed by atoms with Crippen LogP contribution in [0.2, 0.25) is 0 Å². The Morgan fingerprint density at radius 3 is 2.54 bits per heavy atom. The molecule has 2 aromatic carbocycles. The molecule has 10 nitrogen and oxygen atoms in total. The standard InChI is InChI=1S/C23H25N5O5S2/c1-23(2,3)33-22(29)26-19(20-28-27-18(32-20)13-24-35(4,30)31)21-25-16-11-10-15(12-17(16)34-21)14-8-6-5-7-9-14/h5-12,19,24H,13H2,1-4H3,(H,26,29). The van der Waals surface area contributed by atoms with Gasteiger partial charge in [0.1, 0.15) is 10.6 Å². The monoisotopic (exact) mass is 515 g/mol. The largest absolute Gasteiger partial charge is 0.444 e. The summed E-state index contributed by atoms with van der Waals surface area (Å²) in [7, 11) is -3.45. The molecule has 2 heterocycles. The number of thiazole rings is 1. The van der Waals surface area contributed by atoms with Crippen molar-refractivity contribution >= 4 is 37.7 Å². The van der Waals surface area contributed by atoms with E-state index in [9.17, 15) is 13.2 Å². The smallest absolute Gasteiger partial charge is 0.408 e. The highest BCUT2D eigenvalue weighted by atomic mass is 32.2. The summed E-state index contributed by atoms with van der Waals surface area (Å²) in [6.07, 6.45) is 0.350. The van der Waals surface area contributed by atoms with Crippen molar-refractivity contribution in [3.8, 4) is 11.1 Å². The molecule has 0 aliphatic rings. The van der Waals surface area contributed by atoms with E-state index >= 15 is 0 Å². The van der Waals surface area contributed by atoms with E-state index in [0.29, 0.717) is 5.01 Å². The minimum absolute atomic E-state index is 0.0499.